The molecule has 0 radical (unpaired) electrons. The number of anilines is 1. The number of H-pyrrole nitrogens is 1. The molecule has 1 heterocycles. The molecule has 14 heavy (non-hydrogen) atoms. The summed E-state index contributed by atoms with van der Waals surface area (Å²) in [6, 6.07) is 0.232. The van der Waals surface area contributed by atoms with Gasteiger partial charge in [0.05, 0.1) is 6.33 Å². The van der Waals surface area contributed by atoms with Crippen molar-refractivity contribution in [3.05, 3.63) is 32.9 Å². The molecule has 2 N–H and O–H groups in total. The molecule has 0 spiro atoms. The van der Waals surface area contributed by atoms with Crippen LogP contribution in [0.2, 0.25) is 0 Å². The Morgan fingerprint density at radius 3 is 3.21 bits per heavy atom. The highest BCUT2D eigenvalue weighted by Crippen LogP contribution is 2.11. The van der Waals surface area contributed by atoms with Crippen LogP contribution < -0.4 is 10.9 Å². The first-order chi connectivity index (χ1) is 6.65. The van der Waals surface area contributed by atoms with Crippen molar-refractivity contribution in [3.63, 3.8) is 0 Å². The fraction of sp³-hybridized carbons (Fsp3) is 0.333. The molecule has 5 heteroatoms. The van der Waals surface area contributed by atoms with E-state index in [1.54, 1.807) is 0 Å². The summed E-state index contributed by atoms with van der Waals surface area (Å²) in [5, 5.41) is 3.14. The Hall–Kier alpha value is -0.850. The van der Waals surface area contributed by atoms with Crippen molar-refractivity contribution in [1.29, 1.82) is 0 Å². The lowest BCUT2D eigenvalue weighted by atomic mass is 10.2. The molecule has 0 saturated heterocycles. The van der Waals surface area contributed by atoms with Gasteiger partial charge in [-0.2, -0.15) is 0 Å². The average molecular weight is 305 g/mol. The van der Waals surface area contributed by atoms with Crippen LogP contribution in [0.3, 0.4) is 0 Å². The maximum atomic E-state index is 11.2. The number of hydrogen-bond donors (Lipinski definition) is 2. The molecule has 1 aromatic rings. The first-order valence-corrected chi connectivity index (χ1v) is 5.33. The van der Waals surface area contributed by atoms with E-state index in [1.807, 2.05) is 35.6 Å². The third-order valence-corrected chi connectivity index (χ3v) is 2.70. The van der Waals surface area contributed by atoms with Crippen LogP contribution in [0, 0.1) is 3.57 Å². The normalized spacial score (nSPS) is 12.1. The Morgan fingerprint density at radius 2 is 2.57 bits per heavy atom. The summed E-state index contributed by atoms with van der Waals surface area (Å²) >= 11 is 1.97. The Bertz CT molecular complexity index is 375. The van der Waals surface area contributed by atoms with Gasteiger partial charge in [0.2, 0.25) is 0 Å². The Balaban J connectivity index is 2.81. The van der Waals surface area contributed by atoms with Crippen molar-refractivity contribution in [1.82, 2.24) is 9.97 Å². The molecule has 76 valence electrons. The zero-order chi connectivity index (χ0) is 10.6. The van der Waals surface area contributed by atoms with Crippen LogP contribution >= 0.6 is 22.6 Å². The minimum absolute atomic E-state index is 0.117. The lowest BCUT2D eigenvalue weighted by Gasteiger charge is -2.12. The van der Waals surface area contributed by atoms with Crippen molar-refractivity contribution in [2.45, 2.75) is 19.4 Å². The summed E-state index contributed by atoms with van der Waals surface area (Å²) in [7, 11) is 0. The molecule has 1 rings (SSSR count). The third-order valence-electron chi connectivity index (χ3n) is 1.70. The average Bonchev–Trinajstić information content (AvgIpc) is 2.13. The van der Waals surface area contributed by atoms with Crippen molar-refractivity contribution < 1.29 is 0 Å². The van der Waals surface area contributed by atoms with Gasteiger partial charge in [0.25, 0.3) is 5.56 Å². The molecule has 1 atom stereocenters. The molecule has 1 aromatic heterocycles. The summed E-state index contributed by atoms with van der Waals surface area (Å²) < 4.78 is 0.584. The summed E-state index contributed by atoms with van der Waals surface area (Å²) in [4.78, 5) is 17.8. The predicted octanol–water partition coefficient (Wildman–Crippen LogP) is 1.75. The van der Waals surface area contributed by atoms with E-state index in [-0.39, 0.29) is 11.6 Å². The highest BCUT2D eigenvalue weighted by molar-refractivity contribution is 14.1. The van der Waals surface area contributed by atoms with E-state index < -0.39 is 0 Å². The lowest BCUT2D eigenvalue weighted by molar-refractivity contribution is 0.803. The number of hydrogen-bond acceptors (Lipinski definition) is 3. The lowest BCUT2D eigenvalue weighted by Crippen LogP contribution is -2.20. The largest absolute Gasteiger partial charge is 0.366 e. The van der Waals surface area contributed by atoms with Crippen LogP contribution in [0.15, 0.2) is 23.8 Å². The van der Waals surface area contributed by atoms with Gasteiger partial charge in [-0.05, 0) is 35.9 Å². The fourth-order valence-electron chi connectivity index (χ4n) is 1.03. The maximum absolute atomic E-state index is 11.2. The minimum Gasteiger partial charge on any atom is -0.366 e. The molecule has 0 saturated carbocycles. The number of rotatable bonds is 4. The third kappa shape index (κ3) is 2.83. The zero-order valence-electron chi connectivity index (χ0n) is 7.88. The summed E-state index contributed by atoms with van der Waals surface area (Å²) in [5.41, 5.74) is -0.117. The van der Waals surface area contributed by atoms with E-state index in [0.29, 0.717) is 9.39 Å². The van der Waals surface area contributed by atoms with E-state index in [4.69, 9.17) is 0 Å². The first kappa shape index (κ1) is 11.2. The van der Waals surface area contributed by atoms with Crippen LogP contribution in [0.5, 0.6) is 0 Å². The monoisotopic (exact) mass is 305 g/mol. The van der Waals surface area contributed by atoms with E-state index in [2.05, 4.69) is 21.9 Å². The summed E-state index contributed by atoms with van der Waals surface area (Å²) in [6.07, 6.45) is 4.07. The van der Waals surface area contributed by atoms with Gasteiger partial charge in [-0.3, -0.25) is 4.79 Å². The van der Waals surface area contributed by atoms with Gasteiger partial charge in [-0.15, -0.1) is 6.58 Å². The summed E-state index contributed by atoms with van der Waals surface area (Å²) in [6.45, 7) is 5.67. The van der Waals surface area contributed by atoms with Gasteiger partial charge in [-0.1, -0.05) is 6.08 Å². The summed E-state index contributed by atoms with van der Waals surface area (Å²) in [5.74, 6) is 0.628. The molecule has 0 aliphatic carbocycles. The Labute approximate surface area is 96.0 Å². The SMILES string of the molecule is C=CCC(C)Nc1nc[nH]c(=O)c1I. The highest BCUT2D eigenvalue weighted by Gasteiger charge is 2.06. The highest BCUT2D eigenvalue weighted by atomic mass is 127. The fourth-order valence-corrected chi connectivity index (χ4v) is 1.48. The van der Waals surface area contributed by atoms with E-state index >= 15 is 0 Å². The quantitative estimate of drug-likeness (QED) is 0.658. The molecule has 0 aliphatic rings. The van der Waals surface area contributed by atoms with E-state index in [1.165, 1.54) is 6.33 Å². The molecule has 0 aliphatic heterocycles. The molecule has 0 bridgehead atoms. The van der Waals surface area contributed by atoms with Crippen molar-refractivity contribution in [2.75, 3.05) is 5.32 Å². The number of halogens is 1. The van der Waals surface area contributed by atoms with Gasteiger partial charge < -0.3 is 10.3 Å². The molecular weight excluding hydrogens is 293 g/mol. The second kappa shape index (κ2) is 5.14. The van der Waals surface area contributed by atoms with Crippen LogP contribution in [0.25, 0.3) is 0 Å². The van der Waals surface area contributed by atoms with Crippen molar-refractivity contribution in [2.24, 2.45) is 0 Å². The minimum atomic E-state index is -0.117. The van der Waals surface area contributed by atoms with Crippen LogP contribution in [-0.2, 0) is 0 Å². The Morgan fingerprint density at radius 1 is 1.86 bits per heavy atom. The van der Waals surface area contributed by atoms with Crippen molar-refractivity contribution in [3.8, 4) is 0 Å². The molecule has 0 amide bonds. The maximum Gasteiger partial charge on any atom is 0.266 e. The second-order valence-electron chi connectivity index (χ2n) is 2.96. The Kier molecular flexibility index (Phi) is 4.12. The van der Waals surface area contributed by atoms with Crippen LogP contribution in [-0.4, -0.2) is 16.0 Å². The molecule has 0 aromatic carbocycles. The van der Waals surface area contributed by atoms with Crippen LogP contribution in [0.4, 0.5) is 5.82 Å². The standard InChI is InChI=1S/C9H12IN3O/c1-3-4-6(2)13-8-7(10)9(14)12-5-11-8/h3,5-6H,1,4H2,2H3,(H2,11,12,13,14). The van der Waals surface area contributed by atoms with Gasteiger partial charge in [0.15, 0.2) is 0 Å². The van der Waals surface area contributed by atoms with Gasteiger partial charge in [-0.25, -0.2) is 4.98 Å². The van der Waals surface area contributed by atoms with E-state index in [0.717, 1.165) is 6.42 Å². The second-order valence-corrected chi connectivity index (χ2v) is 4.04. The molecule has 1 unspecified atom stereocenters. The zero-order valence-corrected chi connectivity index (χ0v) is 10.0. The molecule has 4 nitrogen and oxygen atoms in total. The van der Waals surface area contributed by atoms with E-state index in [9.17, 15) is 4.79 Å². The van der Waals surface area contributed by atoms with Gasteiger partial charge in [0.1, 0.15) is 9.39 Å². The number of aromatic nitrogens is 2. The molecular formula is C9H12IN3O. The number of nitrogens with zero attached hydrogens (tertiary/aromatic N) is 1. The first-order valence-electron chi connectivity index (χ1n) is 4.25. The van der Waals surface area contributed by atoms with Crippen molar-refractivity contribution >= 4 is 28.4 Å². The van der Waals surface area contributed by atoms with Crippen LogP contribution in [0.1, 0.15) is 13.3 Å². The topological polar surface area (TPSA) is 57.8 Å². The number of aromatic amines is 1. The smallest absolute Gasteiger partial charge is 0.266 e. The van der Waals surface area contributed by atoms with Gasteiger partial charge >= 0.3 is 0 Å². The predicted molar refractivity (Wildman–Crippen MR) is 65.5 cm³/mol. The molecule has 0 fully saturated rings. The van der Waals surface area contributed by atoms with Gasteiger partial charge in [0, 0.05) is 6.04 Å². The number of nitrogens with one attached hydrogen (secondary N) is 2.